The second-order valence-corrected chi connectivity index (χ2v) is 5.35. The van der Waals surface area contributed by atoms with Crippen LogP contribution >= 0.6 is 0 Å². The monoisotopic (exact) mass is 281 g/mol. The third-order valence-corrected chi connectivity index (χ3v) is 3.96. The summed E-state index contributed by atoms with van der Waals surface area (Å²) in [5.41, 5.74) is 5.73. The smallest absolute Gasteiger partial charge is 0.273 e. The van der Waals surface area contributed by atoms with Gasteiger partial charge in [-0.15, -0.1) is 5.10 Å². The van der Waals surface area contributed by atoms with Gasteiger partial charge in [0, 0.05) is 19.7 Å². The molecule has 7 nitrogen and oxygen atoms in total. The van der Waals surface area contributed by atoms with Crippen LogP contribution in [0, 0.1) is 11.8 Å². The maximum atomic E-state index is 12.0. The molecule has 1 fully saturated rings. The lowest BCUT2D eigenvalue weighted by Gasteiger charge is -2.30. The van der Waals surface area contributed by atoms with E-state index in [2.05, 4.69) is 15.6 Å². The fourth-order valence-electron chi connectivity index (χ4n) is 2.75. The Morgan fingerprint density at radius 3 is 2.90 bits per heavy atom. The first-order valence-electron chi connectivity index (χ1n) is 7.24. The third-order valence-electron chi connectivity index (χ3n) is 3.96. The summed E-state index contributed by atoms with van der Waals surface area (Å²) in [6, 6.07) is 0. The Morgan fingerprint density at radius 2 is 2.20 bits per heavy atom. The van der Waals surface area contributed by atoms with Gasteiger partial charge in [0.1, 0.15) is 0 Å². The van der Waals surface area contributed by atoms with Crippen LogP contribution in [-0.2, 0) is 6.54 Å². The summed E-state index contributed by atoms with van der Waals surface area (Å²) in [5.74, 6) is 0.448. The van der Waals surface area contributed by atoms with E-state index in [9.17, 15) is 9.90 Å². The van der Waals surface area contributed by atoms with Crippen LogP contribution in [0.5, 0.6) is 0 Å². The van der Waals surface area contributed by atoms with Gasteiger partial charge < -0.3 is 16.2 Å². The van der Waals surface area contributed by atoms with E-state index in [0.29, 0.717) is 37.2 Å². The minimum absolute atomic E-state index is 0.202. The summed E-state index contributed by atoms with van der Waals surface area (Å²) < 4.78 is 1.56. The van der Waals surface area contributed by atoms with Crippen molar-refractivity contribution in [2.24, 2.45) is 17.6 Å². The van der Waals surface area contributed by atoms with Crippen LogP contribution in [0.1, 0.15) is 36.2 Å². The predicted molar refractivity (Wildman–Crippen MR) is 73.9 cm³/mol. The molecule has 7 heteroatoms. The number of carbonyl (C=O) groups excluding carboxylic acids is 1. The lowest BCUT2D eigenvalue weighted by Crippen LogP contribution is -2.35. The molecule has 112 valence electrons. The van der Waals surface area contributed by atoms with E-state index in [0.717, 1.165) is 12.8 Å². The van der Waals surface area contributed by atoms with Crippen molar-refractivity contribution in [3.63, 3.8) is 0 Å². The molecule has 2 unspecified atom stereocenters. The topological polar surface area (TPSA) is 106 Å². The van der Waals surface area contributed by atoms with Crippen molar-refractivity contribution in [3.8, 4) is 0 Å². The first-order chi connectivity index (χ1) is 9.74. The molecule has 1 aromatic heterocycles. The fraction of sp³-hybridized carbons (Fsp3) is 0.769. The van der Waals surface area contributed by atoms with Crippen LogP contribution in [0.15, 0.2) is 6.20 Å². The minimum Gasteiger partial charge on any atom is -0.396 e. The van der Waals surface area contributed by atoms with Gasteiger partial charge in [0.25, 0.3) is 5.91 Å². The Morgan fingerprint density at radius 1 is 1.45 bits per heavy atom. The van der Waals surface area contributed by atoms with Crippen LogP contribution in [0.25, 0.3) is 0 Å². The number of hydrogen-bond donors (Lipinski definition) is 3. The quantitative estimate of drug-likeness (QED) is 0.667. The van der Waals surface area contributed by atoms with Crippen molar-refractivity contribution in [2.45, 2.75) is 32.2 Å². The van der Waals surface area contributed by atoms with E-state index < -0.39 is 0 Å². The average molecular weight is 281 g/mol. The number of aliphatic hydroxyl groups is 1. The Labute approximate surface area is 118 Å². The molecular formula is C13H23N5O2. The molecule has 0 radical (unpaired) electrons. The van der Waals surface area contributed by atoms with Crippen molar-refractivity contribution in [1.29, 1.82) is 0 Å². The zero-order valence-electron chi connectivity index (χ0n) is 11.7. The Bertz CT molecular complexity index is 434. The van der Waals surface area contributed by atoms with E-state index in [4.69, 9.17) is 5.73 Å². The van der Waals surface area contributed by atoms with Crippen molar-refractivity contribution < 1.29 is 9.90 Å². The SMILES string of the molecule is NCCn1cc(C(=O)NCC2CCCCC2CO)nn1. The van der Waals surface area contributed by atoms with Gasteiger partial charge in [-0.05, 0) is 24.7 Å². The zero-order valence-corrected chi connectivity index (χ0v) is 11.7. The molecule has 2 rings (SSSR count). The molecule has 2 atom stereocenters. The third kappa shape index (κ3) is 3.77. The summed E-state index contributed by atoms with van der Waals surface area (Å²) in [5, 5.41) is 19.9. The summed E-state index contributed by atoms with van der Waals surface area (Å²) in [6.45, 7) is 1.81. The van der Waals surface area contributed by atoms with Gasteiger partial charge in [0.2, 0.25) is 0 Å². The highest BCUT2D eigenvalue weighted by Gasteiger charge is 2.25. The number of hydrogen-bond acceptors (Lipinski definition) is 5. The van der Waals surface area contributed by atoms with Gasteiger partial charge in [-0.2, -0.15) is 0 Å². The average Bonchev–Trinajstić information content (AvgIpc) is 2.94. The van der Waals surface area contributed by atoms with Crippen molar-refractivity contribution in [1.82, 2.24) is 20.3 Å². The molecule has 0 saturated heterocycles. The van der Waals surface area contributed by atoms with Crippen LogP contribution < -0.4 is 11.1 Å². The lowest BCUT2D eigenvalue weighted by atomic mass is 9.79. The highest BCUT2D eigenvalue weighted by atomic mass is 16.3. The molecule has 4 N–H and O–H groups in total. The van der Waals surface area contributed by atoms with Crippen LogP contribution in [0.2, 0.25) is 0 Å². The van der Waals surface area contributed by atoms with Gasteiger partial charge in [0.05, 0.1) is 12.7 Å². The Balaban J connectivity index is 1.84. The number of aromatic nitrogens is 3. The van der Waals surface area contributed by atoms with Crippen LogP contribution in [0.3, 0.4) is 0 Å². The summed E-state index contributed by atoms with van der Waals surface area (Å²) in [4.78, 5) is 12.0. The second-order valence-electron chi connectivity index (χ2n) is 5.35. The van der Waals surface area contributed by atoms with Gasteiger partial charge in [-0.3, -0.25) is 9.48 Å². The minimum atomic E-state index is -0.212. The molecule has 1 saturated carbocycles. The molecular weight excluding hydrogens is 258 g/mol. The van der Waals surface area contributed by atoms with E-state index in [1.54, 1.807) is 10.9 Å². The molecule has 0 spiro atoms. The van der Waals surface area contributed by atoms with Crippen LogP contribution in [0.4, 0.5) is 0 Å². The Kier molecular flexibility index (Phi) is 5.49. The molecule has 1 heterocycles. The summed E-state index contributed by atoms with van der Waals surface area (Å²) >= 11 is 0. The highest BCUT2D eigenvalue weighted by molar-refractivity contribution is 5.91. The number of rotatable bonds is 6. The van der Waals surface area contributed by atoms with Crippen molar-refractivity contribution in [2.75, 3.05) is 19.7 Å². The van der Waals surface area contributed by atoms with E-state index >= 15 is 0 Å². The van der Waals surface area contributed by atoms with Gasteiger partial charge in [0.15, 0.2) is 5.69 Å². The van der Waals surface area contributed by atoms with Gasteiger partial charge in [-0.1, -0.05) is 18.1 Å². The fourth-order valence-corrected chi connectivity index (χ4v) is 2.75. The number of nitrogens with zero attached hydrogens (tertiary/aromatic N) is 3. The predicted octanol–water partition coefficient (Wildman–Crippen LogP) is -0.235. The zero-order chi connectivity index (χ0) is 14.4. The molecule has 0 aliphatic heterocycles. The first-order valence-corrected chi connectivity index (χ1v) is 7.24. The molecule has 1 aliphatic carbocycles. The molecule has 1 aromatic rings. The summed E-state index contributed by atoms with van der Waals surface area (Å²) in [7, 11) is 0. The number of aliphatic hydroxyl groups excluding tert-OH is 1. The maximum Gasteiger partial charge on any atom is 0.273 e. The van der Waals surface area contributed by atoms with E-state index in [-0.39, 0.29) is 12.5 Å². The number of nitrogens with two attached hydrogens (primary N) is 1. The van der Waals surface area contributed by atoms with Crippen molar-refractivity contribution in [3.05, 3.63) is 11.9 Å². The number of amides is 1. The molecule has 0 bridgehead atoms. The molecule has 0 aromatic carbocycles. The van der Waals surface area contributed by atoms with E-state index in [1.807, 2.05) is 0 Å². The molecule has 1 aliphatic rings. The van der Waals surface area contributed by atoms with Crippen LogP contribution in [-0.4, -0.2) is 45.7 Å². The summed E-state index contributed by atoms with van der Waals surface area (Å²) in [6.07, 6.45) is 6.05. The maximum absolute atomic E-state index is 12.0. The lowest BCUT2D eigenvalue weighted by molar-refractivity contribution is 0.0904. The Hall–Kier alpha value is -1.47. The highest BCUT2D eigenvalue weighted by Crippen LogP contribution is 2.29. The first kappa shape index (κ1) is 14.9. The normalized spacial score (nSPS) is 22.7. The molecule has 20 heavy (non-hydrogen) atoms. The molecule has 1 amide bonds. The largest absolute Gasteiger partial charge is 0.396 e. The number of carbonyl (C=O) groups is 1. The van der Waals surface area contributed by atoms with Gasteiger partial charge in [-0.25, -0.2) is 0 Å². The number of nitrogens with one attached hydrogen (secondary N) is 1. The second kappa shape index (κ2) is 7.35. The van der Waals surface area contributed by atoms with E-state index in [1.165, 1.54) is 12.8 Å². The standard InChI is InChI=1S/C13H23N5O2/c14-5-6-18-8-12(16-17-18)13(20)15-7-10-3-1-2-4-11(10)9-19/h8,10-11,19H,1-7,9,14H2,(H,15,20). The van der Waals surface area contributed by atoms with Gasteiger partial charge >= 0.3 is 0 Å². The van der Waals surface area contributed by atoms with Crippen molar-refractivity contribution >= 4 is 5.91 Å².